The van der Waals surface area contributed by atoms with E-state index in [-0.39, 0.29) is 22.4 Å². The lowest BCUT2D eigenvalue weighted by Gasteiger charge is -2.17. The number of alkyl halides is 3. The third-order valence-electron chi connectivity index (χ3n) is 4.33. The van der Waals surface area contributed by atoms with E-state index < -0.39 is 23.7 Å². The predicted octanol–water partition coefficient (Wildman–Crippen LogP) is 5.33. The number of nitrogens with zero attached hydrogens (tertiary/aromatic N) is 3. The molecule has 0 aliphatic carbocycles. The van der Waals surface area contributed by atoms with Gasteiger partial charge in [0.25, 0.3) is 0 Å². The predicted molar refractivity (Wildman–Crippen MR) is 109 cm³/mol. The third kappa shape index (κ3) is 5.69. The average Bonchev–Trinajstić information content (AvgIpc) is 3.21. The van der Waals surface area contributed by atoms with Gasteiger partial charge in [0, 0.05) is 29.1 Å². The van der Waals surface area contributed by atoms with Gasteiger partial charge in [-0.3, -0.25) is 9.78 Å². The normalized spacial score (nSPS) is 13.0. The highest BCUT2D eigenvalue weighted by molar-refractivity contribution is 6.32. The fraction of sp³-hybridized carbons (Fsp3) is 0.238. The van der Waals surface area contributed by atoms with Gasteiger partial charge in [-0.05, 0) is 47.9 Å². The maximum Gasteiger partial charge on any atom is 0.416 e. The minimum Gasteiger partial charge on any atom is -0.340 e. The summed E-state index contributed by atoms with van der Waals surface area (Å²) in [4.78, 5) is 20.7. The number of nitrogens with one attached hydrogen (secondary N) is 1. The van der Waals surface area contributed by atoms with Gasteiger partial charge in [0.05, 0.1) is 5.56 Å². The lowest BCUT2D eigenvalue weighted by molar-refractivity contribution is -0.137. The van der Waals surface area contributed by atoms with Crippen molar-refractivity contribution < 1.29 is 22.5 Å². The fourth-order valence-corrected chi connectivity index (χ4v) is 2.88. The summed E-state index contributed by atoms with van der Waals surface area (Å²) in [6.07, 6.45) is 1.01. The van der Waals surface area contributed by atoms with Crippen LogP contribution in [0.5, 0.6) is 0 Å². The van der Waals surface area contributed by atoms with Crippen LogP contribution in [0, 0.1) is 5.92 Å². The Hall–Kier alpha value is -3.20. The number of aromatic nitrogens is 3. The topological polar surface area (TPSA) is 80.9 Å². The van der Waals surface area contributed by atoms with E-state index >= 15 is 0 Å². The molecule has 0 aliphatic heterocycles. The third-order valence-corrected chi connectivity index (χ3v) is 4.67. The Bertz CT molecular complexity index is 1080. The SMILES string of the molecule is CC(C)C(NC(=O)/C=C/c1cc(C(F)(F)F)ccc1Cl)c1nc(-c2cccnc2)no1. The molecule has 1 amide bonds. The van der Waals surface area contributed by atoms with Crippen molar-refractivity contribution in [3.8, 4) is 11.4 Å². The van der Waals surface area contributed by atoms with Gasteiger partial charge >= 0.3 is 6.18 Å². The molecule has 1 unspecified atom stereocenters. The van der Waals surface area contributed by atoms with E-state index in [0.717, 1.165) is 24.3 Å². The molecule has 0 radical (unpaired) electrons. The number of carbonyl (C=O) groups excluding carboxylic acids is 1. The standard InChI is InChI=1S/C21H18ClF3N4O2/c1-12(2)18(20-28-19(29-31-20)14-4-3-9-26-11-14)27-17(30)8-5-13-10-15(21(23,24)25)6-7-16(13)22/h3-12,18H,1-2H3,(H,27,30)/b8-5+. The van der Waals surface area contributed by atoms with E-state index in [1.165, 1.54) is 6.08 Å². The highest BCUT2D eigenvalue weighted by atomic mass is 35.5. The zero-order chi connectivity index (χ0) is 22.6. The monoisotopic (exact) mass is 450 g/mol. The van der Waals surface area contributed by atoms with Crippen molar-refractivity contribution in [3.05, 3.63) is 70.8 Å². The Morgan fingerprint density at radius 2 is 2.03 bits per heavy atom. The minimum atomic E-state index is -4.51. The highest BCUT2D eigenvalue weighted by Crippen LogP contribution is 2.32. The zero-order valence-electron chi connectivity index (χ0n) is 16.5. The summed E-state index contributed by atoms with van der Waals surface area (Å²) in [6, 6.07) is 5.79. The van der Waals surface area contributed by atoms with Crippen LogP contribution in [0.3, 0.4) is 0 Å². The molecule has 0 aliphatic rings. The Kier molecular flexibility index (Phi) is 6.74. The first kappa shape index (κ1) is 22.5. The Morgan fingerprint density at radius 3 is 2.68 bits per heavy atom. The van der Waals surface area contributed by atoms with E-state index in [1.54, 1.807) is 24.5 Å². The largest absolute Gasteiger partial charge is 0.416 e. The molecular weight excluding hydrogens is 433 g/mol. The molecule has 3 rings (SSSR count). The summed E-state index contributed by atoms with van der Waals surface area (Å²) in [6.45, 7) is 3.71. The van der Waals surface area contributed by atoms with Crippen LogP contribution >= 0.6 is 11.6 Å². The number of rotatable bonds is 6. The van der Waals surface area contributed by atoms with E-state index in [9.17, 15) is 18.0 Å². The van der Waals surface area contributed by atoms with Gasteiger partial charge in [-0.25, -0.2) is 0 Å². The Labute approximate surface area is 181 Å². The number of pyridine rings is 1. The van der Waals surface area contributed by atoms with Crippen LogP contribution in [0.15, 0.2) is 53.3 Å². The molecule has 0 spiro atoms. The van der Waals surface area contributed by atoms with Gasteiger partial charge in [-0.1, -0.05) is 30.6 Å². The quantitative estimate of drug-likeness (QED) is 0.513. The summed E-state index contributed by atoms with van der Waals surface area (Å²) in [5.41, 5.74) is -0.124. The van der Waals surface area contributed by atoms with E-state index in [1.807, 2.05) is 13.8 Å². The fourth-order valence-electron chi connectivity index (χ4n) is 2.70. The number of carbonyl (C=O) groups is 1. The van der Waals surface area contributed by atoms with Crippen LogP contribution in [0.4, 0.5) is 13.2 Å². The summed E-state index contributed by atoms with van der Waals surface area (Å²) in [5.74, 6) is -0.119. The maximum absolute atomic E-state index is 12.9. The highest BCUT2D eigenvalue weighted by Gasteiger charge is 2.30. The average molecular weight is 451 g/mol. The molecule has 6 nitrogen and oxygen atoms in total. The van der Waals surface area contributed by atoms with E-state index in [4.69, 9.17) is 16.1 Å². The van der Waals surface area contributed by atoms with Crippen LogP contribution < -0.4 is 5.32 Å². The van der Waals surface area contributed by atoms with Gasteiger partial charge in [-0.15, -0.1) is 0 Å². The molecule has 3 aromatic rings. The molecule has 0 saturated heterocycles. The molecule has 10 heteroatoms. The van der Waals surface area contributed by atoms with Crippen molar-refractivity contribution >= 4 is 23.6 Å². The second kappa shape index (κ2) is 9.30. The molecular formula is C21H18ClF3N4O2. The molecule has 0 bridgehead atoms. The van der Waals surface area contributed by atoms with Gasteiger partial charge in [0.2, 0.25) is 17.6 Å². The van der Waals surface area contributed by atoms with Gasteiger partial charge in [-0.2, -0.15) is 18.2 Å². The molecule has 162 valence electrons. The number of hydrogen-bond donors (Lipinski definition) is 1. The van der Waals surface area contributed by atoms with Crippen molar-refractivity contribution in [3.63, 3.8) is 0 Å². The van der Waals surface area contributed by atoms with Crippen LogP contribution in [-0.4, -0.2) is 21.0 Å². The maximum atomic E-state index is 12.9. The molecule has 31 heavy (non-hydrogen) atoms. The Balaban J connectivity index is 1.76. The van der Waals surface area contributed by atoms with Crippen LogP contribution in [-0.2, 0) is 11.0 Å². The molecule has 1 atom stereocenters. The molecule has 1 aromatic carbocycles. The summed E-state index contributed by atoms with van der Waals surface area (Å²) in [5, 5.41) is 6.74. The van der Waals surface area contributed by atoms with Crippen molar-refractivity contribution in [1.82, 2.24) is 20.4 Å². The number of halogens is 4. The van der Waals surface area contributed by atoms with E-state index in [0.29, 0.717) is 11.4 Å². The minimum absolute atomic E-state index is 0.0735. The summed E-state index contributed by atoms with van der Waals surface area (Å²) in [7, 11) is 0. The van der Waals surface area contributed by atoms with Gasteiger partial charge < -0.3 is 9.84 Å². The van der Waals surface area contributed by atoms with Crippen LogP contribution in [0.1, 0.15) is 36.9 Å². The first-order valence-electron chi connectivity index (χ1n) is 9.24. The first-order valence-corrected chi connectivity index (χ1v) is 9.62. The van der Waals surface area contributed by atoms with Crippen molar-refractivity contribution in [2.75, 3.05) is 0 Å². The molecule has 2 aromatic heterocycles. The smallest absolute Gasteiger partial charge is 0.340 e. The second-order valence-corrected chi connectivity index (χ2v) is 7.40. The van der Waals surface area contributed by atoms with Gasteiger partial charge in [0.1, 0.15) is 6.04 Å². The lowest BCUT2D eigenvalue weighted by atomic mass is 10.0. The van der Waals surface area contributed by atoms with Crippen LogP contribution in [0.25, 0.3) is 17.5 Å². The Morgan fingerprint density at radius 1 is 1.26 bits per heavy atom. The number of amides is 1. The zero-order valence-corrected chi connectivity index (χ0v) is 17.3. The van der Waals surface area contributed by atoms with Crippen LogP contribution in [0.2, 0.25) is 5.02 Å². The van der Waals surface area contributed by atoms with Crippen molar-refractivity contribution in [2.24, 2.45) is 5.92 Å². The second-order valence-electron chi connectivity index (χ2n) is 7.00. The van der Waals surface area contributed by atoms with Crippen molar-refractivity contribution in [1.29, 1.82) is 0 Å². The summed E-state index contributed by atoms with van der Waals surface area (Å²) >= 11 is 5.95. The molecule has 2 heterocycles. The summed E-state index contributed by atoms with van der Waals surface area (Å²) < 4.78 is 44.0. The lowest BCUT2D eigenvalue weighted by Crippen LogP contribution is -2.30. The molecule has 0 saturated carbocycles. The van der Waals surface area contributed by atoms with E-state index in [2.05, 4.69) is 20.4 Å². The van der Waals surface area contributed by atoms with Crippen molar-refractivity contribution in [2.45, 2.75) is 26.1 Å². The number of benzene rings is 1. The molecule has 1 N–H and O–H groups in total. The number of hydrogen-bond acceptors (Lipinski definition) is 5. The first-order chi connectivity index (χ1) is 14.6. The van der Waals surface area contributed by atoms with Gasteiger partial charge in [0.15, 0.2) is 0 Å². The molecule has 0 fully saturated rings.